The normalized spacial score (nSPS) is 15.8. The molecule has 134 valence electrons. The Bertz CT molecular complexity index is 636. The van der Waals surface area contributed by atoms with Gasteiger partial charge in [-0.3, -0.25) is 0 Å². The Morgan fingerprint density at radius 1 is 1.42 bits per heavy atom. The summed E-state index contributed by atoms with van der Waals surface area (Å²) >= 11 is -2.73. The number of carbonyl (C=O) groups excluding carboxylic acids is 2. The first-order chi connectivity index (χ1) is 11.1. The van der Waals surface area contributed by atoms with E-state index in [-0.39, 0.29) is 16.1 Å². The van der Waals surface area contributed by atoms with Crippen molar-refractivity contribution in [3.63, 3.8) is 0 Å². The number of amides is 2. The number of anilines is 1. The van der Waals surface area contributed by atoms with Crippen molar-refractivity contribution in [1.29, 1.82) is 0 Å². The third-order valence-corrected chi connectivity index (χ3v) is 6.00. The summed E-state index contributed by atoms with van der Waals surface area (Å²) in [4.78, 5) is 24.0. The number of carbonyl (C=O) groups is 2. The van der Waals surface area contributed by atoms with Crippen molar-refractivity contribution in [3.05, 3.63) is 18.2 Å². The first kappa shape index (κ1) is 18.5. The van der Waals surface area contributed by atoms with Crippen LogP contribution in [0.3, 0.4) is 0 Å². The predicted molar refractivity (Wildman–Crippen MR) is 91.0 cm³/mol. The van der Waals surface area contributed by atoms with E-state index in [0.717, 1.165) is 0 Å². The Kier molecular flexibility index (Phi) is 5.67. The summed E-state index contributed by atoms with van der Waals surface area (Å²) in [7, 11) is 0. The third-order valence-electron chi connectivity index (χ3n) is 2.53. The number of fused-ring (bicyclic) bond motifs is 1. The predicted octanol–water partition coefficient (Wildman–Crippen LogP) is 4.12. The van der Waals surface area contributed by atoms with E-state index in [2.05, 4.69) is 13.6 Å². The van der Waals surface area contributed by atoms with E-state index in [1.807, 2.05) is 0 Å². The topological polar surface area (TPSA) is 85.9 Å². The van der Waals surface area contributed by atoms with Crippen LogP contribution < -0.4 is 18.3 Å². The molecule has 24 heavy (non-hydrogen) atoms. The Morgan fingerprint density at radius 2 is 2.12 bits per heavy atom. The van der Waals surface area contributed by atoms with Crippen LogP contribution in [0.2, 0.25) is 0 Å². The first-order valence-electron chi connectivity index (χ1n) is 6.82. The second kappa shape index (κ2) is 7.36. The molecule has 2 amide bonds. The number of alkyl halides is 3. The van der Waals surface area contributed by atoms with Gasteiger partial charge in [-0.2, -0.15) is 0 Å². The Labute approximate surface area is 144 Å². The van der Waals surface area contributed by atoms with Gasteiger partial charge in [-0.05, 0) is 0 Å². The quantitative estimate of drug-likeness (QED) is 0.234. The second-order valence-corrected chi connectivity index (χ2v) is 9.85. The molecule has 1 aromatic rings. The van der Waals surface area contributed by atoms with Gasteiger partial charge in [0.15, 0.2) is 0 Å². The zero-order chi connectivity index (χ0) is 17.9. The Hall–Kier alpha value is -1.85. The van der Waals surface area contributed by atoms with Crippen LogP contribution >= 0.6 is 20.1 Å². The molecule has 1 heterocycles. The molecule has 0 aromatic heterocycles. The van der Waals surface area contributed by atoms with Crippen LogP contribution in [0, 0.1) is 0 Å². The van der Waals surface area contributed by atoms with Gasteiger partial charge >= 0.3 is 145 Å². The summed E-state index contributed by atoms with van der Waals surface area (Å²) in [6.45, 7) is 2.16. The van der Waals surface area contributed by atoms with Crippen molar-refractivity contribution in [3.8, 4) is 11.5 Å². The summed E-state index contributed by atoms with van der Waals surface area (Å²) in [5.74, 6) is 0.214. The number of rotatable bonds is 3. The van der Waals surface area contributed by atoms with Gasteiger partial charge in [0.05, 0.1) is 0 Å². The van der Waals surface area contributed by atoms with Crippen LogP contribution in [0.25, 0.3) is 0 Å². The van der Waals surface area contributed by atoms with Crippen molar-refractivity contribution < 1.29 is 32.6 Å². The fraction of sp³-hybridized carbons (Fsp3) is 0.429. The van der Waals surface area contributed by atoms with Crippen LogP contribution in [0.15, 0.2) is 18.2 Å². The van der Waals surface area contributed by atoms with E-state index < -0.39 is 42.3 Å². The van der Waals surface area contributed by atoms with Gasteiger partial charge in [0, 0.05) is 0 Å². The second-order valence-electron chi connectivity index (χ2n) is 5.65. The molecule has 0 spiro atoms. The van der Waals surface area contributed by atoms with Crippen LogP contribution in [-0.2, 0) is 4.74 Å². The summed E-state index contributed by atoms with van der Waals surface area (Å²) in [5, 5.41) is 2.56. The van der Waals surface area contributed by atoms with Crippen LogP contribution in [-0.4, -0.2) is 26.8 Å². The van der Waals surface area contributed by atoms with Crippen LogP contribution in [0.5, 0.6) is 11.5 Å². The number of ether oxygens (including phenoxy) is 3. The molecule has 0 saturated heterocycles. The van der Waals surface area contributed by atoms with Crippen molar-refractivity contribution in [2.75, 3.05) is 9.93 Å². The number of nitrogens with one attached hydrogen (secondary N) is 2. The van der Waals surface area contributed by atoms with Gasteiger partial charge in [0.1, 0.15) is 0 Å². The SMILES string of the molecule is CC(C)(C)OC(=O)NI1COc2ccc(OC(F)F)cc2NC1=O. The maximum absolute atomic E-state index is 12.3. The number of hydrogen-bond acceptors (Lipinski definition) is 5. The molecular weight excluding hydrogens is 441 g/mol. The molecule has 0 atom stereocenters. The van der Waals surface area contributed by atoms with Gasteiger partial charge in [0.2, 0.25) is 0 Å². The molecule has 2 rings (SSSR count). The zero-order valence-corrected chi connectivity index (χ0v) is 15.3. The summed E-state index contributed by atoms with van der Waals surface area (Å²) in [6, 6.07) is 3.97. The molecule has 7 nitrogen and oxygen atoms in total. The van der Waals surface area contributed by atoms with Gasteiger partial charge in [-0.25, -0.2) is 0 Å². The van der Waals surface area contributed by atoms with Gasteiger partial charge < -0.3 is 0 Å². The summed E-state index contributed by atoms with van der Waals surface area (Å²) < 4.78 is 41.6. The molecule has 0 fully saturated rings. The molecule has 0 radical (unpaired) electrons. The molecule has 0 saturated carbocycles. The first-order valence-corrected chi connectivity index (χ1v) is 10.5. The van der Waals surface area contributed by atoms with E-state index in [4.69, 9.17) is 9.47 Å². The molecule has 0 bridgehead atoms. The third kappa shape index (κ3) is 5.35. The zero-order valence-electron chi connectivity index (χ0n) is 13.2. The maximum atomic E-state index is 12.3. The summed E-state index contributed by atoms with van der Waals surface area (Å²) in [5.41, 5.74) is -0.475. The number of halogens is 3. The van der Waals surface area contributed by atoms with Crippen LogP contribution in [0.4, 0.5) is 24.1 Å². The number of benzene rings is 1. The minimum atomic E-state index is -2.97. The monoisotopic (exact) mass is 458 g/mol. The van der Waals surface area contributed by atoms with Crippen molar-refractivity contribution in [1.82, 2.24) is 3.53 Å². The van der Waals surface area contributed by atoms with Crippen LogP contribution in [0.1, 0.15) is 20.8 Å². The molecular formula is C14H17F2IN2O5. The summed E-state index contributed by atoms with van der Waals surface area (Å²) in [6.07, 6.45) is -0.695. The molecule has 1 aliphatic rings. The minimum absolute atomic E-state index is 0.0248. The van der Waals surface area contributed by atoms with E-state index in [1.165, 1.54) is 18.2 Å². The molecule has 1 aliphatic heterocycles. The van der Waals surface area contributed by atoms with E-state index >= 15 is 0 Å². The fourth-order valence-electron chi connectivity index (χ4n) is 1.70. The van der Waals surface area contributed by atoms with Gasteiger partial charge in [0.25, 0.3) is 0 Å². The van der Waals surface area contributed by atoms with Crippen molar-refractivity contribution >= 4 is 35.8 Å². The van der Waals surface area contributed by atoms with Crippen molar-refractivity contribution in [2.24, 2.45) is 0 Å². The van der Waals surface area contributed by atoms with Crippen molar-refractivity contribution in [2.45, 2.75) is 33.0 Å². The fourth-order valence-corrected chi connectivity index (χ4v) is 4.28. The standard InChI is InChI=1S/C14H17F2IN2O5/c1-14(2,3)24-13(21)19-17-7-22-10-5-4-8(23-11(15)16)6-9(10)18-12(17)20/h4-6,11H,7H2,1-3H3,(H,18,20)(H,19,21). The number of hydrogen-bond donors (Lipinski definition) is 2. The molecule has 10 heteroatoms. The van der Waals surface area contributed by atoms with E-state index in [9.17, 15) is 18.4 Å². The molecule has 2 N–H and O–H groups in total. The van der Waals surface area contributed by atoms with Gasteiger partial charge in [-0.15, -0.1) is 0 Å². The Morgan fingerprint density at radius 3 is 2.75 bits per heavy atom. The molecule has 1 aromatic carbocycles. The van der Waals surface area contributed by atoms with Gasteiger partial charge in [-0.1, -0.05) is 0 Å². The van der Waals surface area contributed by atoms with E-state index in [0.29, 0.717) is 5.75 Å². The molecule has 0 aliphatic carbocycles. The average molecular weight is 458 g/mol. The van der Waals surface area contributed by atoms with E-state index in [1.54, 1.807) is 20.8 Å². The molecule has 0 unspecified atom stereocenters. The average Bonchev–Trinajstić information content (AvgIpc) is 2.55. The Balaban J connectivity index is 2.06.